The van der Waals surface area contributed by atoms with Gasteiger partial charge in [-0.2, -0.15) is 18.3 Å². The first-order valence-corrected chi connectivity index (χ1v) is 12.2. The lowest BCUT2D eigenvalue weighted by Crippen LogP contribution is -2.08. The number of thioether (sulfide) groups is 1. The third-order valence-electron chi connectivity index (χ3n) is 5.58. The molecule has 0 N–H and O–H groups in total. The molecule has 180 valence electrons. The number of ether oxygens (including phenoxy) is 1. The van der Waals surface area contributed by atoms with Crippen LogP contribution < -0.4 is 4.74 Å². The summed E-state index contributed by atoms with van der Waals surface area (Å²) in [6, 6.07) is 15.3. The van der Waals surface area contributed by atoms with E-state index in [4.69, 9.17) is 4.74 Å². The number of fused-ring (bicyclic) bond motifs is 3. The van der Waals surface area contributed by atoms with E-state index in [1.165, 1.54) is 23.9 Å². The maximum absolute atomic E-state index is 13.3. The summed E-state index contributed by atoms with van der Waals surface area (Å²) in [4.78, 5) is 0. The average molecular weight is 498 g/mol. The Hall–Kier alpha value is -3.53. The van der Waals surface area contributed by atoms with Gasteiger partial charge in [0.25, 0.3) is 0 Å². The molecule has 35 heavy (non-hydrogen) atoms. The number of unbranched alkanes of at least 4 members (excludes halogenated alkanes) is 1. The Balaban J connectivity index is 1.39. The maximum Gasteiger partial charge on any atom is 0.416 e. The van der Waals surface area contributed by atoms with Gasteiger partial charge in [-0.3, -0.25) is 4.40 Å². The summed E-state index contributed by atoms with van der Waals surface area (Å²) in [5.41, 5.74) is 2.61. The first-order chi connectivity index (χ1) is 16.9. The van der Waals surface area contributed by atoms with Crippen LogP contribution >= 0.6 is 11.8 Å². The molecular formula is C25H22F3N5OS. The highest BCUT2D eigenvalue weighted by Gasteiger charge is 2.32. The predicted octanol–water partition coefficient (Wildman–Crippen LogP) is 6.53. The SMILES string of the molecule is CCCCOc1ccc(-c2cc3c4nnc(SCc5ccccc5C(F)(F)F)n4ccn3n2)cc1. The van der Waals surface area contributed by atoms with Gasteiger partial charge in [0, 0.05) is 23.7 Å². The van der Waals surface area contributed by atoms with Crippen LogP contribution in [0.3, 0.4) is 0 Å². The van der Waals surface area contributed by atoms with Crippen LogP contribution in [0.5, 0.6) is 5.75 Å². The zero-order valence-electron chi connectivity index (χ0n) is 18.9. The van der Waals surface area contributed by atoms with E-state index in [0.717, 1.165) is 41.4 Å². The lowest BCUT2D eigenvalue weighted by atomic mass is 10.1. The number of hydrogen-bond donors (Lipinski definition) is 0. The van der Waals surface area contributed by atoms with E-state index in [1.807, 2.05) is 30.3 Å². The molecule has 5 rings (SSSR count). The summed E-state index contributed by atoms with van der Waals surface area (Å²) in [5, 5.41) is 13.7. The van der Waals surface area contributed by atoms with Crippen LogP contribution in [0, 0.1) is 0 Å². The Labute approximate surface area is 203 Å². The van der Waals surface area contributed by atoms with Crippen LogP contribution in [0.25, 0.3) is 22.4 Å². The molecule has 0 unspecified atom stereocenters. The van der Waals surface area contributed by atoms with Gasteiger partial charge >= 0.3 is 6.18 Å². The minimum Gasteiger partial charge on any atom is -0.494 e. The van der Waals surface area contributed by atoms with Crippen molar-refractivity contribution in [2.45, 2.75) is 36.9 Å². The zero-order valence-corrected chi connectivity index (χ0v) is 19.7. The zero-order chi connectivity index (χ0) is 24.4. The van der Waals surface area contributed by atoms with Gasteiger partial charge in [0.1, 0.15) is 11.3 Å². The molecule has 3 aromatic heterocycles. The summed E-state index contributed by atoms with van der Waals surface area (Å²) < 4.78 is 49.2. The minimum absolute atomic E-state index is 0.124. The molecule has 0 fully saturated rings. The Morgan fingerprint density at radius 3 is 2.57 bits per heavy atom. The average Bonchev–Trinajstić information content (AvgIpc) is 3.47. The molecule has 0 bridgehead atoms. The van der Waals surface area contributed by atoms with Gasteiger partial charge in [-0.1, -0.05) is 43.3 Å². The Morgan fingerprint density at radius 2 is 1.80 bits per heavy atom. The quantitative estimate of drug-likeness (QED) is 0.180. The van der Waals surface area contributed by atoms with Crippen molar-refractivity contribution in [3.05, 3.63) is 78.1 Å². The number of nitrogens with zero attached hydrogens (tertiary/aromatic N) is 5. The summed E-state index contributed by atoms with van der Waals surface area (Å²) >= 11 is 1.21. The van der Waals surface area contributed by atoms with Crippen molar-refractivity contribution in [2.75, 3.05) is 6.61 Å². The summed E-state index contributed by atoms with van der Waals surface area (Å²) in [6.45, 7) is 2.81. The van der Waals surface area contributed by atoms with Gasteiger partial charge in [0.05, 0.1) is 17.9 Å². The largest absolute Gasteiger partial charge is 0.494 e. The first kappa shape index (κ1) is 23.2. The highest BCUT2D eigenvalue weighted by Crippen LogP contribution is 2.35. The molecule has 0 amide bonds. The van der Waals surface area contributed by atoms with E-state index in [2.05, 4.69) is 22.2 Å². The van der Waals surface area contributed by atoms with Crippen LogP contribution in [0.15, 0.2) is 72.1 Å². The van der Waals surface area contributed by atoms with Crippen molar-refractivity contribution >= 4 is 22.9 Å². The Bertz CT molecular complexity index is 1460. The van der Waals surface area contributed by atoms with Crippen LogP contribution in [-0.2, 0) is 11.9 Å². The van der Waals surface area contributed by atoms with Crippen molar-refractivity contribution < 1.29 is 17.9 Å². The molecule has 10 heteroatoms. The molecule has 6 nitrogen and oxygen atoms in total. The summed E-state index contributed by atoms with van der Waals surface area (Å²) in [6.07, 6.45) is 1.24. The lowest BCUT2D eigenvalue weighted by molar-refractivity contribution is -0.138. The van der Waals surface area contributed by atoms with E-state index in [-0.39, 0.29) is 11.3 Å². The molecule has 0 saturated carbocycles. The van der Waals surface area contributed by atoms with Crippen LogP contribution in [0.4, 0.5) is 13.2 Å². The Morgan fingerprint density at radius 1 is 1.00 bits per heavy atom. The van der Waals surface area contributed by atoms with Crippen LogP contribution in [-0.4, -0.2) is 30.8 Å². The smallest absolute Gasteiger partial charge is 0.416 e. The summed E-state index contributed by atoms with van der Waals surface area (Å²) in [5.74, 6) is 0.943. The second kappa shape index (κ2) is 9.61. The van der Waals surface area contributed by atoms with Crippen molar-refractivity contribution in [1.29, 1.82) is 0 Å². The first-order valence-electron chi connectivity index (χ1n) is 11.2. The highest BCUT2D eigenvalue weighted by molar-refractivity contribution is 7.98. The lowest BCUT2D eigenvalue weighted by Gasteiger charge is -2.11. The van der Waals surface area contributed by atoms with Gasteiger partial charge in [0.15, 0.2) is 10.8 Å². The van der Waals surface area contributed by atoms with Gasteiger partial charge in [-0.15, -0.1) is 10.2 Å². The fourth-order valence-corrected chi connectivity index (χ4v) is 4.67. The molecule has 0 aliphatic heterocycles. The third kappa shape index (κ3) is 4.84. The van der Waals surface area contributed by atoms with Crippen molar-refractivity contribution in [2.24, 2.45) is 0 Å². The molecule has 2 aromatic carbocycles. The van der Waals surface area contributed by atoms with E-state index in [9.17, 15) is 13.2 Å². The number of alkyl halides is 3. The highest BCUT2D eigenvalue weighted by atomic mass is 32.2. The molecule has 5 aromatic rings. The van der Waals surface area contributed by atoms with Crippen molar-refractivity contribution in [3.8, 4) is 17.0 Å². The van der Waals surface area contributed by atoms with Crippen molar-refractivity contribution in [1.82, 2.24) is 24.2 Å². The van der Waals surface area contributed by atoms with Gasteiger partial charge in [-0.25, -0.2) is 4.52 Å². The van der Waals surface area contributed by atoms with E-state index in [0.29, 0.717) is 17.4 Å². The fraction of sp³-hybridized carbons (Fsp3) is 0.240. The number of halogens is 3. The summed E-state index contributed by atoms with van der Waals surface area (Å²) in [7, 11) is 0. The molecule has 0 spiro atoms. The second-order valence-corrected chi connectivity index (χ2v) is 8.95. The van der Waals surface area contributed by atoms with E-state index < -0.39 is 11.7 Å². The molecule has 0 radical (unpaired) electrons. The molecule has 0 saturated heterocycles. The van der Waals surface area contributed by atoms with Gasteiger partial charge < -0.3 is 4.74 Å². The normalized spacial score (nSPS) is 12.0. The van der Waals surface area contributed by atoms with Crippen LogP contribution in [0.2, 0.25) is 0 Å². The number of hydrogen-bond acceptors (Lipinski definition) is 5. The topological polar surface area (TPSA) is 56.7 Å². The van der Waals surface area contributed by atoms with Crippen molar-refractivity contribution in [3.63, 3.8) is 0 Å². The number of aromatic nitrogens is 5. The molecular weight excluding hydrogens is 475 g/mol. The molecule has 0 aliphatic rings. The number of benzene rings is 2. The third-order valence-corrected chi connectivity index (χ3v) is 6.57. The van der Waals surface area contributed by atoms with Crippen LogP contribution in [0.1, 0.15) is 30.9 Å². The second-order valence-electron chi connectivity index (χ2n) is 8.00. The monoisotopic (exact) mass is 497 g/mol. The standard InChI is InChI=1S/C25H22F3N5OS/c1-2-3-14-34-19-10-8-17(9-11-19)21-15-22-23-29-30-24(32(23)12-13-33(22)31-21)35-16-18-6-4-5-7-20(18)25(26,27)28/h4-13,15H,2-3,14,16H2,1H3. The molecule has 3 heterocycles. The number of rotatable bonds is 8. The molecule has 0 aliphatic carbocycles. The predicted molar refractivity (Wildman–Crippen MR) is 129 cm³/mol. The maximum atomic E-state index is 13.3. The van der Waals surface area contributed by atoms with E-state index >= 15 is 0 Å². The molecule has 0 atom stereocenters. The van der Waals surface area contributed by atoms with E-state index in [1.54, 1.807) is 27.4 Å². The Kier molecular flexibility index (Phi) is 6.38. The minimum atomic E-state index is -4.40. The van der Waals surface area contributed by atoms with Gasteiger partial charge in [-0.05, 0) is 48.4 Å². The van der Waals surface area contributed by atoms with Gasteiger partial charge in [0.2, 0.25) is 0 Å². The fourth-order valence-electron chi connectivity index (χ4n) is 3.75.